The number of nitrogens with zero attached hydrogens (tertiary/aromatic N) is 2. The number of rotatable bonds is 7. The highest BCUT2D eigenvalue weighted by atomic mass is 32.2. The maximum atomic E-state index is 12.1. The molecule has 3 N–H and O–H groups in total. The summed E-state index contributed by atoms with van der Waals surface area (Å²) in [5.41, 5.74) is 2.34. The maximum absolute atomic E-state index is 12.1. The molecule has 1 heterocycles. The number of hydrogen-bond donors (Lipinski definition) is 2. The average molecular weight is 274 g/mol. The SMILES string of the molecule is COCCCN(C)S(=O)(=O)c1ccc(NN)nc1. The first-order chi connectivity index (χ1) is 8.52. The van der Waals surface area contributed by atoms with Gasteiger partial charge in [0, 0.05) is 33.5 Å². The van der Waals surface area contributed by atoms with Crippen molar-refractivity contribution in [3.8, 4) is 0 Å². The number of pyridine rings is 1. The molecule has 0 bridgehead atoms. The Bertz CT molecular complexity index is 461. The van der Waals surface area contributed by atoms with E-state index in [1.165, 1.54) is 29.7 Å². The van der Waals surface area contributed by atoms with Crippen LogP contribution >= 0.6 is 0 Å². The van der Waals surface area contributed by atoms with E-state index in [9.17, 15) is 8.42 Å². The Balaban J connectivity index is 2.77. The van der Waals surface area contributed by atoms with Crippen molar-refractivity contribution in [3.05, 3.63) is 18.3 Å². The molecular formula is C10H18N4O3S. The van der Waals surface area contributed by atoms with Gasteiger partial charge in [0.25, 0.3) is 0 Å². The first-order valence-corrected chi connectivity index (χ1v) is 6.84. The van der Waals surface area contributed by atoms with Crippen molar-refractivity contribution in [3.63, 3.8) is 0 Å². The quantitative estimate of drug-likeness (QED) is 0.413. The van der Waals surface area contributed by atoms with Crippen LogP contribution in [0.3, 0.4) is 0 Å². The molecule has 0 saturated carbocycles. The molecule has 0 aromatic carbocycles. The van der Waals surface area contributed by atoms with Crippen LogP contribution in [0.2, 0.25) is 0 Å². The molecule has 0 saturated heterocycles. The molecule has 0 spiro atoms. The zero-order chi connectivity index (χ0) is 13.6. The lowest BCUT2D eigenvalue weighted by Crippen LogP contribution is -2.28. The van der Waals surface area contributed by atoms with E-state index in [0.29, 0.717) is 25.4 Å². The highest BCUT2D eigenvalue weighted by molar-refractivity contribution is 7.89. The lowest BCUT2D eigenvalue weighted by molar-refractivity contribution is 0.189. The van der Waals surface area contributed by atoms with E-state index in [0.717, 1.165) is 0 Å². The molecule has 0 aliphatic heterocycles. The number of sulfonamides is 1. The first kappa shape index (κ1) is 14.8. The molecule has 8 heteroatoms. The molecule has 1 rings (SSSR count). The zero-order valence-corrected chi connectivity index (χ0v) is 11.3. The van der Waals surface area contributed by atoms with Crippen molar-refractivity contribution in [2.75, 3.05) is 32.7 Å². The Hall–Kier alpha value is -1.22. The second-order valence-electron chi connectivity index (χ2n) is 3.70. The molecule has 102 valence electrons. The van der Waals surface area contributed by atoms with Gasteiger partial charge in [0.05, 0.1) is 0 Å². The van der Waals surface area contributed by atoms with Gasteiger partial charge < -0.3 is 10.2 Å². The van der Waals surface area contributed by atoms with Crippen molar-refractivity contribution < 1.29 is 13.2 Å². The van der Waals surface area contributed by atoms with Crippen molar-refractivity contribution in [1.82, 2.24) is 9.29 Å². The summed E-state index contributed by atoms with van der Waals surface area (Å²) in [5, 5.41) is 0. The Morgan fingerprint density at radius 2 is 2.22 bits per heavy atom. The molecule has 7 nitrogen and oxygen atoms in total. The van der Waals surface area contributed by atoms with Crippen molar-refractivity contribution in [2.45, 2.75) is 11.3 Å². The average Bonchev–Trinajstić information content (AvgIpc) is 2.39. The van der Waals surface area contributed by atoms with Gasteiger partial charge in [-0.2, -0.15) is 0 Å². The second-order valence-corrected chi connectivity index (χ2v) is 5.74. The maximum Gasteiger partial charge on any atom is 0.244 e. The highest BCUT2D eigenvalue weighted by Crippen LogP contribution is 2.14. The summed E-state index contributed by atoms with van der Waals surface area (Å²) >= 11 is 0. The molecule has 0 amide bonds. The zero-order valence-electron chi connectivity index (χ0n) is 10.5. The van der Waals surface area contributed by atoms with Crippen LogP contribution in [0, 0.1) is 0 Å². The summed E-state index contributed by atoms with van der Waals surface area (Å²) < 4.78 is 30.4. The lowest BCUT2D eigenvalue weighted by Gasteiger charge is -2.16. The van der Waals surface area contributed by atoms with Gasteiger partial charge in [0.2, 0.25) is 10.0 Å². The predicted octanol–water partition coefficient (Wildman–Crippen LogP) is 0.0242. The van der Waals surface area contributed by atoms with E-state index in [4.69, 9.17) is 10.6 Å². The topological polar surface area (TPSA) is 97.5 Å². The van der Waals surface area contributed by atoms with Gasteiger partial charge in [-0.15, -0.1) is 0 Å². The Morgan fingerprint density at radius 3 is 2.72 bits per heavy atom. The molecule has 1 aromatic rings. The lowest BCUT2D eigenvalue weighted by atomic mass is 10.4. The summed E-state index contributed by atoms with van der Waals surface area (Å²) in [6.45, 7) is 0.918. The molecule has 1 aromatic heterocycles. The number of ether oxygens (including phenoxy) is 1. The highest BCUT2D eigenvalue weighted by Gasteiger charge is 2.20. The minimum Gasteiger partial charge on any atom is -0.385 e. The Morgan fingerprint density at radius 1 is 1.50 bits per heavy atom. The van der Waals surface area contributed by atoms with Crippen LogP contribution in [-0.2, 0) is 14.8 Å². The van der Waals surface area contributed by atoms with Gasteiger partial charge in [-0.05, 0) is 18.6 Å². The fraction of sp³-hybridized carbons (Fsp3) is 0.500. The predicted molar refractivity (Wildman–Crippen MR) is 68.4 cm³/mol. The molecule has 0 radical (unpaired) electrons. The molecule has 0 atom stereocenters. The standard InChI is InChI=1S/C10H18N4O3S/c1-14(6-3-7-17-2)18(15,16)9-4-5-10(13-11)12-8-9/h4-5,8H,3,6-7,11H2,1-2H3,(H,12,13). The van der Waals surface area contributed by atoms with E-state index in [1.54, 1.807) is 7.11 Å². The van der Waals surface area contributed by atoms with E-state index in [-0.39, 0.29) is 4.90 Å². The number of hydrazine groups is 1. The molecule has 0 unspecified atom stereocenters. The van der Waals surface area contributed by atoms with Gasteiger partial charge in [-0.3, -0.25) is 0 Å². The van der Waals surface area contributed by atoms with E-state index in [1.807, 2.05) is 0 Å². The van der Waals surface area contributed by atoms with Crippen LogP contribution in [0.15, 0.2) is 23.2 Å². The van der Waals surface area contributed by atoms with Gasteiger partial charge in [-0.1, -0.05) is 0 Å². The largest absolute Gasteiger partial charge is 0.385 e. The van der Waals surface area contributed by atoms with Crippen LogP contribution in [0.25, 0.3) is 0 Å². The van der Waals surface area contributed by atoms with Crippen molar-refractivity contribution in [1.29, 1.82) is 0 Å². The van der Waals surface area contributed by atoms with Gasteiger partial charge in [0.15, 0.2) is 0 Å². The second kappa shape index (κ2) is 6.64. The van der Waals surface area contributed by atoms with Crippen LogP contribution in [0.4, 0.5) is 5.82 Å². The number of nitrogens with two attached hydrogens (primary N) is 1. The fourth-order valence-electron chi connectivity index (χ4n) is 1.35. The monoisotopic (exact) mass is 274 g/mol. The number of aromatic nitrogens is 1. The third kappa shape index (κ3) is 3.64. The Kier molecular flexibility index (Phi) is 5.48. The van der Waals surface area contributed by atoms with E-state index < -0.39 is 10.0 Å². The van der Waals surface area contributed by atoms with E-state index in [2.05, 4.69) is 10.4 Å². The smallest absolute Gasteiger partial charge is 0.244 e. The van der Waals surface area contributed by atoms with Crippen molar-refractivity contribution in [2.24, 2.45) is 5.84 Å². The summed E-state index contributed by atoms with van der Waals surface area (Å²) in [7, 11) is -0.390. The molecule has 0 aliphatic carbocycles. The van der Waals surface area contributed by atoms with Gasteiger partial charge in [0.1, 0.15) is 10.7 Å². The molecular weight excluding hydrogens is 256 g/mol. The minimum absolute atomic E-state index is 0.140. The summed E-state index contributed by atoms with van der Waals surface area (Å²) in [5.74, 6) is 5.58. The Labute approximate surface area is 107 Å². The molecule has 18 heavy (non-hydrogen) atoms. The molecule has 0 fully saturated rings. The minimum atomic E-state index is -3.50. The number of nitrogen functional groups attached to an aromatic ring is 1. The summed E-state index contributed by atoms with van der Waals surface area (Å²) in [6, 6.07) is 2.97. The van der Waals surface area contributed by atoms with Gasteiger partial charge in [-0.25, -0.2) is 23.5 Å². The number of nitrogens with one attached hydrogen (secondary N) is 1. The molecule has 0 aliphatic rings. The first-order valence-electron chi connectivity index (χ1n) is 5.40. The fourth-order valence-corrected chi connectivity index (χ4v) is 2.51. The van der Waals surface area contributed by atoms with E-state index >= 15 is 0 Å². The normalized spacial score (nSPS) is 11.8. The third-order valence-corrected chi connectivity index (χ3v) is 4.25. The third-order valence-electron chi connectivity index (χ3n) is 2.41. The number of hydrogen-bond acceptors (Lipinski definition) is 6. The van der Waals surface area contributed by atoms with Gasteiger partial charge >= 0.3 is 0 Å². The van der Waals surface area contributed by atoms with Crippen LogP contribution in [0.5, 0.6) is 0 Å². The summed E-state index contributed by atoms with van der Waals surface area (Å²) in [6.07, 6.45) is 1.92. The number of methoxy groups -OCH3 is 1. The number of anilines is 1. The van der Waals surface area contributed by atoms with Crippen LogP contribution in [0.1, 0.15) is 6.42 Å². The van der Waals surface area contributed by atoms with Crippen LogP contribution in [-0.4, -0.2) is 45.0 Å². The van der Waals surface area contributed by atoms with Crippen molar-refractivity contribution >= 4 is 15.8 Å². The van der Waals surface area contributed by atoms with Crippen LogP contribution < -0.4 is 11.3 Å². The summed E-state index contributed by atoms with van der Waals surface area (Å²) in [4.78, 5) is 4.02.